The lowest BCUT2D eigenvalue weighted by Crippen LogP contribution is -1.98. The van der Waals surface area contributed by atoms with Crippen molar-refractivity contribution < 1.29 is 4.42 Å². The van der Waals surface area contributed by atoms with Crippen LogP contribution < -0.4 is 0 Å². The molecular formula is C19H17NOS4. The minimum atomic E-state index is 0.477. The van der Waals surface area contributed by atoms with Crippen LogP contribution in [0, 0.1) is 4.84 Å². The summed E-state index contributed by atoms with van der Waals surface area (Å²) in [6, 6.07) is 16.5. The van der Waals surface area contributed by atoms with Gasteiger partial charge in [-0.3, -0.25) is 0 Å². The van der Waals surface area contributed by atoms with Crippen molar-refractivity contribution in [1.82, 2.24) is 4.57 Å². The van der Waals surface area contributed by atoms with Gasteiger partial charge in [0, 0.05) is 17.5 Å². The van der Waals surface area contributed by atoms with Crippen LogP contribution in [0.1, 0.15) is 11.1 Å². The maximum atomic E-state index is 5.71. The van der Waals surface area contributed by atoms with Gasteiger partial charge in [-0.2, -0.15) is 0 Å². The summed E-state index contributed by atoms with van der Waals surface area (Å²) in [6.45, 7) is 0. The van der Waals surface area contributed by atoms with Gasteiger partial charge < -0.3 is 8.98 Å². The van der Waals surface area contributed by atoms with Gasteiger partial charge in [0.2, 0.25) is 0 Å². The number of rotatable bonds is 4. The molecule has 1 aromatic heterocycles. The Morgan fingerprint density at radius 1 is 1.00 bits per heavy atom. The molecule has 25 heavy (non-hydrogen) atoms. The second kappa shape index (κ2) is 7.91. The average Bonchev–Trinajstić information content (AvgIpc) is 2.93. The highest BCUT2D eigenvalue weighted by Crippen LogP contribution is 2.38. The van der Waals surface area contributed by atoms with E-state index in [4.69, 9.17) is 28.9 Å². The number of thiocarbonyl (C=S) groups is 1. The minimum Gasteiger partial charge on any atom is -0.429 e. The van der Waals surface area contributed by atoms with Crippen LogP contribution in [0.5, 0.6) is 0 Å². The first-order valence-corrected chi connectivity index (χ1v) is 10.9. The second-order valence-corrected chi connectivity index (χ2v) is 8.02. The summed E-state index contributed by atoms with van der Waals surface area (Å²) in [5.74, 6) is 0. The Labute approximate surface area is 166 Å². The van der Waals surface area contributed by atoms with Crippen molar-refractivity contribution in [2.75, 3.05) is 12.5 Å². The molecule has 0 saturated heterocycles. The Kier molecular flexibility index (Phi) is 5.84. The summed E-state index contributed by atoms with van der Waals surface area (Å²) < 4.78 is 8.47. The molecule has 3 aromatic rings. The lowest BCUT2D eigenvalue weighted by Gasteiger charge is -2.15. The number of fused-ring (bicyclic) bond motifs is 1. The van der Waals surface area contributed by atoms with Gasteiger partial charge in [-0.15, -0.1) is 23.5 Å². The third-order valence-electron chi connectivity index (χ3n) is 3.94. The Bertz CT molecular complexity index is 1010. The number of aryl methyl sites for hydroxylation is 1. The summed E-state index contributed by atoms with van der Waals surface area (Å²) in [4.78, 5) is 1.61. The molecular weight excluding hydrogens is 386 g/mol. The molecule has 0 radical (unpaired) electrons. The fraction of sp³-hybridized carbons (Fsp3) is 0.158. The highest BCUT2D eigenvalue weighted by atomic mass is 32.2. The Balaban J connectivity index is 2.26. The first-order valence-electron chi connectivity index (χ1n) is 7.58. The molecule has 128 valence electrons. The molecule has 0 unspecified atom stereocenters. The summed E-state index contributed by atoms with van der Waals surface area (Å²) in [6.07, 6.45) is 4.09. The molecule has 0 saturated carbocycles. The van der Waals surface area contributed by atoms with E-state index < -0.39 is 0 Å². The molecule has 0 aliphatic rings. The van der Waals surface area contributed by atoms with Gasteiger partial charge >= 0.3 is 0 Å². The molecule has 0 amide bonds. The second-order valence-electron chi connectivity index (χ2n) is 5.38. The zero-order valence-corrected chi connectivity index (χ0v) is 17.4. The molecule has 0 N–H and O–H groups in total. The molecule has 0 fully saturated rings. The molecule has 1 heterocycles. The summed E-state index contributed by atoms with van der Waals surface area (Å²) >= 11 is 14.2. The van der Waals surface area contributed by atoms with E-state index in [0.29, 0.717) is 4.84 Å². The van der Waals surface area contributed by atoms with E-state index in [1.54, 1.807) is 23.5 Å². The number of nitrogens with zero attached hydrogens (tertiary/aromatic N) is 1. The molecule has 6 heteroatoms. The predicted molar refractivity (Wildman–Crippen MR) is 119 cm³/mol. The number of benzene rings is 2. The zero-order valence-electron chi connectivity index (χ0n) is 14.1. The molecule has 0 aliphatic heterocycles. The van der Waals surface area contributed by atoms with Crippen molar-refractivity contribution in [2.45, 2.75) is 0 Å². The van der Waals surface area contributed by atoms with Gasteiger partial charge in [0.05, 0.1) is 9.71 Å². The minimum absolute atomic E-state index is 0.477. The largest absolute Gasteiger partial charge is 0.429 e. The van der Waals surface area contributed by atoms with Crippen LogP contribution in [0.25, 0.3) is 21.6 Å². The van der Waals surface area contributed by atoms with E-state index in [1.807, 2.05) is 48.2 Å². The molecule has 2 nitrogen and oxygen atoms in total. The van der Waals surface area contributed by atoms with Crippen LogP contribution >= 0.6 is 48.0 Å². The average molecular weight is 404 g/mol. The van der Waals surface area contributed by atoms with Gasteiger partial charge in [-0.05, 0) is 48.0 Å². The molecule has 0 spiro atoms. The summed E-state index contributed by atoms with van der Waals surface area (Å²) in [7, 11) is 1.91. The fourth-order valence-electron chi connectivity index (χ4n) is 2.69. The Hall–Kier alpha value is -1.34. The van der Waals surface area contributed by atoms with Crippen LogP contribution in [0.3, 0.4) is 0 Å². The van der Waals surface area contributed by atoms with Crippen molar-refractivity contribution in [3.8, 4) is 0 Å². The Morgan fingerprint density at radius 3 is 2.36 bits per heavy atom. The van der Waals surface area contributed by atoms with E-state index in [9.17, 15) is 0 Å². The Morgan fingerprint density at radius 2 is 1.72 bits per heavy atom. The molecule has 0 atom stereocenters. The van der Waals surface area contributed by atoms with Crippen LogP contribution in [0.2, 0.25) is 0 Å². The highest BCUT2D eigenvalue weighted by molar-refractivity contribution is 8.24. The number of thioether (sulfide) groups is 2. The first-order chi connectivity index (χ1) is 12.1. The summed E-state index contributed by atoms with van der Waals surface area (Å²) in [5, 5.41) is 0. The maximum Gasteiger partial charge on any atom is 0.269 e. The van der Waals surface area contributed by atoms with Gasteiger partial charge in [0.1, 0.15) is 0 Å². The molecule has 0 bridgehead atoms. The van der Waals surface area contributed by atoms with Crippen molar-refractivity contribution in [1.29, 1.82) is 0 Å². The predicted octanol–water partition coefficient (Wildman–Crippen LogP) is 6.42. The SMILES string of the molecule is CSC(=S)/C(=C(/SC)c1ccc2c(c1)oc(=S)n2C)c1ccccc1. The number of oxazole rings is 1. The summed E-state index contributed by atoms with van der Waals surface area (Å²) in [5.41, 5.74) is 5.08. The van der Waals surface area contributed by atoms with Gasteiger partial charge in [-0.25, -0.2) is 0 Å². The van der Waals surface area contributed by atoms with Crippen LogP contribution in [-0.4, -0.2) is 21.3 Å². The number of hydrogen-bond acceptors (Lipinski definition) is 5. The van der Waals surface area contributed by atoms with Gasteiger partial charge in [-0.1, -0.05) is 48.6 Å². The lowest BCUT2D eigenvalue weighted by molar-refractivity contribution is 0.559. The molecule has 0 aliphatic carbocycles. The maximum absolute atomic E-state index is 5.71. The third kappa shape index (κ3) is 3.62. The van der Waals surface area contributed by atoms with Gasteiger partial charge in [0.15, 0.2) is 5.58 Å². The fourth-order valence-corrected chi connectivity index (χ4v) is 4.44. The smallest absolute Gasteiger partial charge is 0.269 e. The van der Waals surface area contributed by atoms with Crippen molar-refractivity contribution >= 4 is 73.7 Å². The van der Waals surface area contributed by atoms with Crippen LogP contribution in [0.15, 0.2) is 52.9 Å². The van der Waals surface area contributed by atoms with Crippen LogP contribution in [0.4, 0.5) is 0 Å². The van der Waals surface area contributed by atoms with Crippen molar-refractivity contribution in [3.05, 3.63) is 64.5 Å². The normalized spacial score (nSPS) is 12.3. The molecule has 2 aromatic carbocycles. The van der Waals surface area contributed by atoms with E-state index in [-0.39, 0.29) is 0 Å². The van der Waals surface area contributed by atoms with E-state index in [0.717, 1.165) is 36.9 Å². The van der Waals surface area contributed by atoms with Crippen molar-refractivity contribution in [2.24, 2.45) is 7.05 Å². The topological polar surface area (TPSA) is 18.1 Å². The van der Waals surface area contributed by atoms with Crippen LogP contribution in [-0.2, 0) is 7.05 Å². The van der Waals surface area contributed by atoms with E-state index in [1.165, 1.54) is 0 Å². The quantitative estimate of drug-likeness (QED) is 0.283. The number of hydrogen-bond donors (Lipinski definition) is 0. The highest BCUT2D eigenvalue weighted by Gasteiger charge is 2.16. The first kappa shape index (κ1) is 18.5. The standard InChI is InChI=1S/C19H17NOS4/c1-20-14-10-9-13(11-15(14)21-19(20)23)17(24-2)16(18(22)25-3)12-7-5-4-6-8-12/h4-11H,1-3H3/b17-16+. The van der Waals surface area contributed by atoms with E-state index in [2.05, 4.69) is 24.5 Å². The van der Waals surface area contributed by atoms with Gasteiger partial charge in [0.25, 0.3) is 4.84 Å². The lowest BCUT2D eigenvalue weighted by atomic mass is 10.0. The molecule has 3 rings (SSSR count). The number of aromatic nitrogens is 1. The zero-order chi connectivity index (χ0) is 18.0. The van der Waals surface area contributed by atoms with E-state index >= 15 is 0 Å². The van der Waals surface area contributed by atoms with Crippen molar-refractivity contribution in [3.63, 3.8) is 0 Å². The third-order valence-corrected chi connectivity index (χ3v) is 6.42. The monoisotopic (exact) mass is 403 g/mol.